The van der Waals surface area contributed by atoms with Crippen molar-refractivity contribution in [1.29, 1.82) is 0 Å². The van der Waals surface area contributed by atoms with Gasteiger partial charge in [0.05, 0.1) is 12.2 Å². The Balaban J connectivity index is 1.55. The number of hydrogen-bond acceptors (Lipinski definition) is 4. The zero-order valence-corrected chi connectivity index (χ0v) is 14.5. The molecule has 0 saturated carbocycles. The summed E-state index contributed by atoms with van der Waals surface area (Å²) in [7, 11) is 0. The van der Waals surface area contributed by atoms with Crippen LogP contribution in [0.1, 0.15) is 0 Å². The van der Waals surface area contributed by atoms with Crippen LogP contribution in [0.5, 0.6) is 0 Å². The van der Waals surface area contributed by atoms with Crippen molar-refractivity contribution in [3.8, 4) is 11.3 Å². The van der Waals surface area contributed by atoms with E-state index in [9.17, 15) is 4.79 Å². The Hall–Kier alpha value is -2.18. The topological polar surface area (TPSA) is 54.0 Å². The first-order valence-corrected chi connectivity index (χ1v) is 8.68. The van der Waals surface area contributed by atoms with Crippen LogP contribution in [0.2, 0.25) is 0 Å². The maximum absolute atomic E-state index is 11.9. The summed E-state index contributed by atoms with van der Waals surface area (Å²) in [5.41, 5.74) is 2.74. The minimum Gasteiger partial charge on any atom is -0.352 e. The third-order valence-corrected chi connectivity index (χ3v) is 4.43. The van der Waals surface area contributed by atoms with Crippen molar-refractivity contribution in [2.24, 2.45) is 0 Å². The summed E-state index contributed by atoms with van der Waals surface area (Å²) in [5.74, 6) is -0.108. The van der Waals surface area contributed by atoms with Crippen LogP contribution in [0, 0.1) is 0 Å². The number of nitrogens with one attached hydrogen (secondary N) is 2. The van der Waals surface area contributed by atoms with E-state index in [0.29, 0.717) is 0 Å². The van der Waals surface area contributed by atoms with E-state index >= 15 is 0 Å². The highest BCUT2D eigenvalue weighted by molar-refractivity contribution is 9.10. The van der Waals surface area contributed by atoms with E-state index in [0.717, 1.165) is 26.5 Å². The number of amides is 1. The fourth-order valence-corrected chi connectivity index (χ4v) is 2.97. The predicted molar refractivity (Wildman–Crippen MR) is 98.8 cm³/mol. The zero-order chi connectivity index (χ0) is 16.1. The van der Waals surface area contributed by atoms with E-state index in [1.54, 1.807) is 0 Å². The SMILES string of the molecule is O=C(CNc1nc(-c2ccccc2)cs1)Nc1ccc(Br)cc1. The summed E-state index contributed by atoms with van der Waals surface area (Å²) >= 11 is 4.85. The van der Waals surface area contributed by atoms with E-state index in [4.69, 9.17) is 0 Å². The molecule has 1 amide bonds. The van der Waals surface area contributed by atoms with Gasteiger partial charge in [0.2, 0.25) is 5.91 Å². The number of hydrogen-bond donors (Lipinski definition) is 2. The van der Waals surface area contributed by atoms with Crippen LogP contribution in [0.3, 0.4) is 0 Å². The summed E-state index contributed by atoms with van der Waals surface area (Å²) in [6.45, 7) is 0.178. The van der Waals surface area contributed by atoms with E-state index in [-0.39, 0.29) is 12.5 Å². The molecule has 116 valence electrons. The average Bonchev–Trinajstić information content (AvgIpc) is 3.05. The minimum absolute atomic E-state index is 0.108. The van der Waals surface area contributed by atoms with Gasteiger partial charge in [-0.1, -0.05) is 46.3 Å². The monoisotopic (exact) mass is 387 g/mol. The zero-order valence-electron chi connectivity index (χ0n) is 12.1. The van der Waals surface area contributed by atoms with Crippen LogP contribution >= 0.6 is 27.3 Å². The van der Waals surface area contributed by atoms with Gasteiger partial charge in [-0.3, -0.25) is 4.79 Å². The van der Waals surface area contributed by atoms with Crippen LogP contribution < -0.4 is 10.6 Å². The highest BCUT2D eigenvalue weighted by Gasteiger charge is 2.06. The predicted octanol–water partition coefficient (Wildman–Crippen LogP) is 4.62. The molecular weight excluding hydrogens is 374 g/mol. The molecule has 0 aliphatic rings. The molecule has 0 aliphatic carbocycles. The van der Waals surface area contributed by atoms with Gasteiger partial charge in [0.1, 0.15) is 0 Å². The van der Waals surface area contributed by atoms with Gasteiger partial charge in [-0.15, -0.1) is 11.3 Å². The van der Waals surface area contributed by atoms with Crippen molar-refractivity contribution in [1.82, 2.24) is 4.98 Å². The first-order valence-electron chi connectivity index (χ1n) is 7.01. The molecule has 3 aromatic rings. The van der Waals surface area contributed by atoms with Gasteiger partial charge in [0.25, 0.3) is 0 Å². The van der Waals surface area contributed by atoms with Crippen molar-refractivity contribution < 1.29 is 4.79 Å². The number of halogens is 1. The van der Waals surface area contributed by atoms with Crippen molar-refractivity contribution in [2.75, 3.05) is 17.2 Å². The van der Waals surface area contributed by atoms with Gasteiger partial charge in [-0.2, -0.15) is 0 Å². The van der Waals surface area contributed by atoms with Crippen molar-refractivity contribution in [2.45, 2.75) is 0 Å². The standard InChI is InChI=1S/C17H14BrN3OS/c18-13-6-8-14(9-7-13)20-16(22)10-19-17-21-15(11-23-17)12-4-2-1-3-5-12/h1-9,11H,10H2,(H,19,21)(H,20,22). The highest BCUT2D eigenvalue weighted by Crippen LogP contribution is 2.24. The molecule has 0 bridgehead atoms. The summed E-state index contributed by atoms with van der Waals surface area (Å²) in [6, 6.07) is 17.4. The van der Waals surface area contributed by atoms with E-state index < -0.39 is 0 Å². The second-order valence-corrected chi connectivity index (χ2v) is 6.59. The second-order valence-electron chi connectivity index (χ2n) is 4.81. The van der Waals surface area contributed by atoms with E-state index in [1.807, 2.05) is 60.0 Å². The third-order valence-electron chi connectivity index (χ3n) is 3.10. The number of aromatic nitrogens is 1. The summed E-state index contributed by atoms with van der Waals surface area (Å²) in [6.07, 6.45) is 0. The number of carbonyl (C=O) groups is 1. The molecule has 6 heteroatoms. The lowest BCUT2D eigenvalue weighted by Gasteiger charge is -2.05. The maximum atomic E-state index is 11.9. The largest absolute Gasteiger partial charge is 0.352 e. The van der Waals surface area contributed by atoms with E-state index in [2.05, 4.69) is 31.5 Å². The second kappa shape index (κ2) is 7.39. The molecule has 0 unspecified atom stereocenters. The molecule has 1 heterocycles. The molecule has 1 aromatic heterocycles. The number of benzene rings is 2. The van der Waals surface area contributed by atoms with Crippen molar-refractivity contribution >= 4 is 44.0 Å². The molecule has 4 nitrogen and oxygen atoms in total. The number of anilines is 2. The van der Waals surface area contributed by atoms with Crippen molar-refractivity contribution in [3.63, 3.8) is 0 Å². The smallest absolute Gasteiger partial charge is 0.243 e. The fourth-order valence-electron chi connectivity index (χ4n) is 1.99. The van der Waals surface area contributed by atoms with Crippen LogP contribution in [0.15, 0.2) is 64.5 Å². The molecule has 0 radical (unpaired) electrons. The van der Waals surface area contributed by atoms with E-state index in [1.165, 1.54) is 11.3 Å². The number of rotatable bonds is 5. The van der Waals surface area contributed by atoms with Crippen LogP contribution in [-0.4, -0.2) is 17.4 Å². The molecule has 0 saturated heterocycles. The average molecular weight is 388 g/mol. The molecule has 2 N–H and O–H groups in total. The molecule has 0 aliphatic heterocycles. The Morgan fingerprint density at radius 2 is 1.83 bits per heavy atom. The number of nitrogens with zero attached hydrogens (tertiary/aromatic N) is 1. The first kappa shape index (κ1) is 15.7. The Morgan fingerprint density at radius 1 is 1.09 bits per heavy atom. The van der Waals surface area contributed by atoms with Crippen molar-refractivity contribution in [3.05, 3.63) is 64.5 Å². The molecule has 0 spiro atoms. The lowest BCUT2D eigenvalue weighted by Crippen LogP contribution is -2.21. The Morgan fingerprint density at radius 3 is 2.57 bits per heavy atom. The van der Waals surface area contributed by atoms with Crippen LogP contribution in [-0.2, 0) is 4.79 Å². The normalized spacial score (nSPS) is 10.3. The summed E-state index contributed by atoms with van der Waals surface area (Å²) < 4.78 is 0.977. The molecule has 23 heavy (non-hydrogen) atoms. The highest BCUT2D eigenvalue weighted by atomic mass is 79.9. The van der Waals surface area contributed by atoms with Gasteiger partial charge in [0.15, 0.2) is 5.13 Å². The number of thiazole rings is 1. The fraction of sp³-hybridized carbons (Fsp3) is 0.0588. The van der Waals surface area contributed by atoms with Gasteiger partial charge >= 0.3 is 0 Å². The van der Waals surface area contributed by atoms with Crippen LogP contribution in [0.25, 0.3) is 11.3 Å². The molecule has 0 fully saturated rings. The van der Waals surface area contributed by atoms with Gasteiger partial charge in [0, 0.05) is 21.1 Å². The molecule has 2 aromatic carbocycles. The maximum Gasteiger partial charge on any atom is 0.243 e. The van der Waals surface area contributed by atoms with Gasteiger partial charge in [-0.25, -0.2) is 4.98 Å². The Kier molecular flexibility index (Phi) is 5.05. The van der Waals surface area contributed by atoms with Crippen LogP contribution in [0.4, 0.5) is 10.8 Å². The lowest BCUT2D eigenvalue weighted by molar-refractivity contribution is -0.114. The molecule has 0 atom stereocenters. The minimum atomic E-state index is -0.108. The number of carbonyl (C=O) groups excluding carboxylic acids is 1. The lowest BCUT2D eigenvalue weighted by atomic mass is 10.2. The molecule has 3 rings (SSSR count). The van der Waals surface area contributed by atoms with Gasteiger partial charge < -0.3 is 10.6 Å². The Labute approximate surface area is 146 Å². The summed E-state index contributed by atoms with van der Waals surface area (Å²) in [4.78, 5) is 16.4. The third kappa shape index (κ3) is 4.40. The summed E-state index contributed by atoms with van der Waals surface area (Å²) in [5, 5.41) is 8.59. The van der Waals surface area contributed by atoms with Gasteiger partial charge in [-0.05, 0) is 24.3 Å². The first-order chi connectivity index (χ1) is 11.2. The molecular formula is C17H14BrN3OS. The Bertz CT molecular complexity index is 787. The quantitative estimate of drug-likeness (QED) is 0.671.